The smallest absolute Gasteiger partial charge is 0.338 e. The Labute approximate surface area is 103 Å². The molecule has 1 aromatic rings. The summed E-state index contributed by atoms with van der Waals surface area (Å²) >= 11 is 0. The van der Waals surface area contributed by atoms with Crippen LogP contribution in [0.2, 0.25) is 0 Å². The van der Waals surface area contributed by atoms with Gasteiger partial charge in [-0.25, -0.2) is 14.7 Å². The number of allylic oxidation sites excluding steroid dienone is 2. The van der Waals surface area contributed by atoms with Crippen LogP contribution < -0.4 is 5.63 Å². The molecule has 18 heavy (non-hydrogen) atoms. The summed E-state index contributed by atoms with van der Waals surface area (Å²) in [4.78, 5) is 27.2. The van der Waals surface area contributed by atoms with Gasteiger partial charge in [-0.05, 0) is 38.5 Å². The number of aromatic nitrogens is 1. The Morgan fingerprint density at radius 3 is 2.56 bits per heavy atom. The SMILES string of the molecule is CC(=Cc1c(C)[nH]oc1=O)/C=C1\C(=O)ON=C1C. The first-order valence-electron chi connectivity index (χ1n) is 5.33. The molecule has 1 aromatic heterocycles. The van der Waals surface area contributed by atoms with Crippen molar-refractivity contribution in [3.05, 3.63) is 38.9 Å². The minimum absolute atomic E-state index is 0.390. The van der Waals surface area contributed by atoms with E-state index in [2.05, 4.69) is 19.7 Å². The van der Waals surface area contributed by atoms with Gasteiger partial charge in [0.15, 0.2) is 0 Å². The van der Waals surface area contributed by atoms with Crippen molar-refractivity contribution in [3.63, 3.8) is 0 Å². The van der Waals surface area contributed by atoms with E-state index < -0.39 is 11.6 Å². The fourth-order valence-electron chi connectivity index (χ4n) is 1.57. The van der Waals surface area contributed by atoms with Gasteiger partial charge in [0.1, 0.15) is 0 Å². The Balaban J connectivity index is 2.36. The van der Waals surface area contributed by atoms with E-state index in [-0.39, 0.29) is 0 Å². The lowest BCUT2D eigenvalue weighted by atomic mass is 10.1. The van der Waals surface area contributed by atoms with Gasteiger partial charge in [0.05, 0.1) is 22.5 Å². The summed E-state index contributed by atoms with van der Waals surface area (Å²) in [6.45, 7) is 5.19. The number of hydrogen-bond donors (Lipinski definition) is 1. The van der Waals surface area contributed by atoms with Crippen molar-refractivity contribution in [3.8, 4) is 0 Å². The lowest BCUT2D eigenvalue weighted by Crippen LogP contribution is -2.02. The minimum Gasteiger partial charge on any atom is -0.338 e. The van der Waals surface area contributed by atoms with Gasteiger partial charge < -0.3 is 9.36 Å². The molecule has 1 aliphatic heterocycles. The summed E-state index contributed by atoms with van der Waals surface area (Å²) < 4.78 is 4.65. The second kappa shape index (κ2) is 4.48. The largest absolute Gasteiger partial charge is 0.367 e. The van der Waals surface area contributed by atoms with Crippen molar-refractivity contribution >= 4 is 17.8 Å². The number of oxime groups is 1. The van der Waals surface area contributed by atoms with Gasteiger partial charge in [0, 0.05) is 0 Å². The molecule has 2 heterocycles. The molecule has 0 saturated heterocycles. The summed E-state index contributed by atoms with van der Waals surface area (Å²) in [5.41, 5.74) is 2.27. The molecule has 1 N–H and O–H groups in total. The predicted molar refractivity (Wildman–Crippen MR) is 65.0 cm³/mol. The molecular weight excluding hydrogens is 236 g/mol. The van der Waals surface area contributed by atoms with Gasteiger partial charge in [-0.2, -0.15) is 0 Å². The number of H-pyrrole nitrogens is 1. The van der Waals surface area contributed by atoms with E-state index in [4.69, 9.17) is 0 Å². The molecule has 1 aliphatic rings. The van der Waals surface area contributed by atoms with Gasteiger partial charge in [-0.1, -0.05) is 5.16 Å². The van der Waals surface area contributed by atoms with E-state index in [0.29, 0.717) is 22.5 Å². The maximum Gasteiger partial charge on any atom is 0.367 e. The topological polar surface area (TPSA) is 84.7 Å². The average molecular weight is 248 g/mol. The van der Waals surface area contributed by atoms with Crippen molar-refractivity contribution in [1.82, 2.24) is 5.16 Å². The molecular formula is C12H12N2O4. The first-order valence-corrected chi connectivity index (χ1v) is 5.33. The maximum atomic E-state index is 11.4. The Kier molecular flexibility index (Phi) is 3.01. The molecule has 6 heteroatoms. The minimum atomic E-state index is -0.488. The third-order valence-corrected chi connectivity index (χ3v) is 2.54. The van der Waals surface area contributed by atoms with Crippen LogP contribution in [0.4, 0.5) is 0 Å². The van der Waals surface area contributed by atoms with Crippen LogP contribution in [0.1, 0.15) is 25.1 Å². The van der Waals surface area contributed by atoms with Crippen LogP contribution in [0.3, 0.4) is 0 Å². The highest BCUT2D eigenvalue weighted by Gasteiger charge is 2.21. The van der Waals surface area contributed by atoms with Crippen LogP contribution >= 0.6 is 0 Å². The number of aryl methyl sites for hydroxylation is 1. The van der Waals surface area contributed by atoms with Crippen LogP contribution in [-0.2, 0) is 9.63 Å². The van der Waals surface area contributed by atoms with Gasteiger partial charge in [-0.3, -0.25) is 0 Å². The normalized spacial score (nSPS) is 18.2. The van der Waals surface area contributed by atoms with E-state index in [9.17, 15) is 9.59 Å². The molecule has 0 aliphatic carbocycles. The van der Waals surface area contributed by atoms with Crippen LogP contribution in [0.25, 0.3) is 6.08 Å². The van der Waals surface area contributed by atoms with Crippen LogP contribution in [0, 0.1) is 6.92 Å². The van der Waals surface area contributed by atoms with Crippen molar-refractivity contribution < 1.29 is 14.2 Å². The number of hydrogen-bond acceptors (Lipinski definition) is 5. The average Bonchev–Trinajstić information content (AvgIpc) is 2.79. The predicted octanol–water partition coefficient (Wildman–Crippen LogP) is 1.54. The molecule has 0 bridgehead atoms. The molecule has 6 nitrogen and oxygen atoms in total. The zero-order valence-electron chi connectivity index (χ0n) is 10.2. The zero-order chi connectivity index (χ0) is 13.3. The fourth-order valence-corrected chi connectivity index (χ4v) is 1.57. The molecule has 94 valence electrons. The monoisotopic (exact) mass is 248 g/mol. The van der Waals surface area contributed by atoms with Gasteiger partial charge in [-0.15, -0.1) is 0 Å². The molecule has 0 amide bonds. The molecule has 2 rings (SSSR count). The number of carbonyl (C=O) groups excluding carboxylic acids is 1. The third-order valence-electron chi connectivity index (χ3n) is 2.54. The van der Waals surface area contributed by atoms with Crippen LogP contribution in [-0.4, -0.2) is 16.8 Å². The van der Waals surface area contributed by atoms with Gasteiger partial charge in [0.2, 0.25) is 0 Å². The number of nitrogens with one attached hydrogen (secondary N) is 1. The Morgan fingerprint density at radius 1 is 1.33 bits per heavy atom. The van der Waals surface area contributed by atoms with Crippen LogP contribution in [0.15, 0.2) is 31.7 Å². The highest BCUT2D eigenvalue weighted by Crippen LogP contribution is 2.15. The fraction of sp³-hybridized carbons (Fsp3) is 0.250. The Bertz CT molecular complexity index is 643. The van der Waals surface area contributed by atoms with E-state index in [1.165, 1.54) is 0 Å². The molecule has 0 saturated carbocycles. The second-order valence-electron chi connectivity index (χ2n) is 4.03. The summed E-state index contributed by atoms with van der Waals surface area (Å²) in [6, 6.07) is 0. The van der Waals surface area contributed by atoms with Gasteiger partial charge >= 0.3 is 11.6 Å². The lowest BCUT2D eigenvalue weighted by molar-refractivity contribution is -0.136. The maximum absolute atomic E-state index is 11.4. The standard InChI is InChI=1S/C12H12N2O4/c1-6(4-9-7(2)13-17-11(9)15)5-10-8(3)14-18-12(10)16/h4-5,13H,1-3H3/b6-4?,10-5-. The Morgan fingerprint density at radius 2 is 2.06 bits per heavy atom. The number of nitrogens with zero attached hydrogens (tertiary/aromatic N) is 1. The number of rotatable bonds is 2. The summed E-state index contributed by atoms with van der Waals surface area (Å²) in [7, 11) is 0. The second-order valence-corrected chi connectivity index (χ2v) is 4.03. The summed E-state index contributed by atoms with van der Waals surface area (Å²) in [5, 5.41) is 6.05. The number of aromatic amines is 1. The molecule has 0 radical (unpaired) electrons. The van der Waals surface area contributed by atoms with E-state index in [0.717, 1.165) is 5.57 Å². The first-order chi connectivity index (χ1) is 8.49. The molecule has 0 fully saturated rings. The van der Waals surface area contributed by atoms with Crippen molar-refractivity contribution in [2.75, 3.05) is 0 Å². The van der Waals surface area contributed by atoms with E-state index >= 15 is 0 Å². The molecule has 0 aromatic carbocycles. The van der Waals surface area contributed by atoms with E-state index in [1.807, 2.05) is 0 Å². The van der Waals surface area contributed by atoms with Crippen LogP contribution in [0.5, 0.6) is 0 Å². The Hall–Kier alpha value is -2.37. The molecule has 0 spiro atoms. The third kappa shape index (κ3) is 2.17. The molecule has 0 atom stereocenters. The van der Waals surface area contributed by atoms with Crippen molar-refractivity contribution in [1.29, 1.82) is 0 Å². The number of carbonyl (C=O) groups is 1. The van der Waals surface area contributed by atoms with E-state index in [1.54, 1.807) is 32.9 Å². The summed E-state index contributed by atoms with van der Waals surface area (Å²) in [6.07, 6.45) is 3.27. The highest BCUT2D eigenvalue weighted by atomic mass is 16.7. The van der Waals surface area contributed by atoms with Crippen molar-refractivity contribution in [2.24, 2.45) is 5.16 Å². The van der Waals surface area contributed by atoms with Crippen molar-refractivity contribution in [2.45, 2.75) is 20.8 Å². The molecule has 0 unspecified atom stereocenters. The quantitative estimate of drug-likeness (QED) is 0.635. The lowest BCUT2D eigenvalue weighted by Gasteiger charge is -1.95. The highest BCUT2D eigenvalue weighted by molar-refractivity contribution is 6.21. The first kappa shape index (κ1) is 12.1. The zero-order valence-corrected chi connectivity index (χ0v) is 10.2. The summed E-state index contributed by atoms with van der Waals surface area (Å²) in [5.74, 6) is -0.488. The van der Waals surface area contributed by atoms with Gasteiger partial charge in [0.25, 0.3) is 0 Å².